The molecule has 2 aromatic rings. The van der Waals surface area contributed by atoms with Crippen molar-refractivity contribution in [1.29, 1.82) is 0 Å². The maximum absolute atomic E-state index is 4.43. The van der Waals surface area contributed by atoms with Crippen LogP contribution in [0.3, 0.4) is 0 Å². The Morgan fingerprint density at radius 3 is 2.71 bits per heavy atom. The predicted octanol–water partition coefficient (Wildman–Crippen LogP) is 3.57. The standard InChI is InChI=1S/C18H25N3/c1-4-10-19-18(17-12-20-21(3)13(17)2)16-11-15(16)14-8-6-5-7-9-14/h5-9,12,15-16,18-19H,4,10-11H2,1-3H3. The topological polar surface area (TPSA) is 29.9 Å². The summed E-state index contributed by atoms with van der Waals surface area (Å²) in [6.07, 6.45) is 4.49. The van der Waals surface area contributed by atoms with Crippen LogP contribution >= 0.6 is 0 Å². The number of nitrogens with one attached hydrogen (secondary N) is 1. The summed E-state index contributed by atoms with van der Waals surface area (Å²) in [6, 6.07) is 11.3. The second kappa shape index (κ2) is 6.02. The van der Waals surface area contributed by atoms with Crippen molar-refractivity contribution in [3.8, 4) is 0 Å². The average Bonchev–Trinajstić information content (AvgIpc) is 3.24. The molecule has 1 aliphatic rings. The Kier molecular flexibility index (Phi) is 4.11. The first-order valence-electron chi connectivity index (χ1n) is 7.99. The smallest absolute Gasteiger partial charge is 0.0540 e. The lowest BCUT2D eigenvalue weighted by Crippen LogP contribution is -2.25. The Bertz CT molecular complexity index is 588. The lowest BCUT2D eigenvalue weighted by Gasteiger charge is -2.19. The molecule has 1 N–H and O–H groups in total. The zero-order chi connectivity index (χ0) is 14.8. The first-order valence-corrected chi connectivity index (χ1v) is 7.99. The van der Waals surface area contributed by atoms with Crippen molar-refractivity contribution in [3.05, 3.63) is 53.3 Å². The van der Waals surface area contributed by atoms with Gasteiger partial charge in [-0.3, -0.25) is 4.68 Å². The van der Waals surface area contributed by atoms with E-state index in [1.165, 1.54) is 29.7 Å². The molecule has 21 heavy (non-hydrogen) atoms. The summed E-state index contributed by atoms with van der Waals surface area (Å²) in [5.74, 6) is 1.39. The Morgan fingerprint density at radius 2 is 2.10 bits per heavy atom. The number of rotatable bonds is 6. The molecule has 3 unspecified atom stereocenters. The molecular weight excluding hydrogens is 258 g/mol. The minimum absolute atomic E-state index is 0.434. The average molecular weight is 283 g/mol. The van der Waals surface area contributed by atoms with Gasteiger partial charge in [-0.2, -0.15) is 5.10 Å². The van der Waals surface area contributed by atoms with Crippen LogP contribution < -0.4 is 5.32 Å². The van der Waals surface area contributed by atoms with Crippen molar-refractivity contribution < 1.29 is 0 Å². The summed E-state index contributed by atoms with van der Waals surface area (Å²) in [5, 5.41) is 8.18. The normalized spacial score (nSPS) is 22.2. The second-order valence-electron chi connectivity index (χ2n) is 6.16. The first-order chi connectivity index (χ1) is 10.2. The number of aromatic nitrogens is 2. The maximum Gasteiger partial charge on any atom is 0.0540 e. The fraction of sp³-hybridized carbons (Fsp3) is 0.500. The highest BCUT2D eigenvalue weighted by molar-refractivity contribution is 5.31. The van der Waals surface area contributed by atoms with Crippen LogP contribution in [-0.4, -0.2) is 16.3 Å². The third kappa shape index (κ3) is 2.88. The summed E-state index contributed by atoms with van der Waals surface area (Å²) < 4.78 is 1.98. The third-order valence-corrected chi connectivity index (χ3v) is 4.72. The monoisotopic (exact) mass is 283 g/mol. The van der Waals surface area contributed by atoms with Crippen LogP contribution in [0.2, 0.25) is 0 Å². The first kappa shape index (κ1) is 14.3. The molecule has 0 saturated heterocycles. The van der Waals surface area contributed by atoms with Gasteiger partial charge in [-0.1, -0.05) is 37.3 Å². The molecule has 1 heterocycles. The van der Waals surface area contributed by atoms with Crippen LogP contribution in [0.25, 0.3) is 0 Å². The fourth-order valence-electron chi connectivity index (χ4n) is 3.28. The highest BCUT2D eigenvalue weighted by Crippen LogP contribution is 2.54. The van der Waals surface area contributed by atoms with Crippen LogP contribution in [0.15, 0.2) is 36.5 Å². The summed E-state index contributed by atoms with van der Waals surface area (Å²) in [5.41, 5.74) is 4.13. The van der Waals surface area contributed by atoms with E-state index in [2.05, 4.69) is 54.6 Å². The van der Waals surface area contributed by atoms with E-state index in [1.807, 2.05) is 17.9 Å². The van der Waals surface area contributed by atoms with Gasteiger partial charge in [0, 0.05) is 24.3 Å². The van der Waals surface area contributed by atoms with Gasteiger partial charge in [0.15, 0.2) is 0 Å². The Labute approximate surface area is 127 Å². The minimum Gasteiger partial charge on any atom is -0.310 e. The molecule has 0 spiro atoms. The molecule has 1 aromatic carbocycles. The van der Waals surface area contributed by atoms with E-state index in [9.17, 15) is 0 Å². The van der Waals surface area contributed by atoms with E-state index in [-0.39, 0.29) is 0 Å². The maximum atomic E-state index is 4.43. The highest BCUT2D eigenvalue weighted by atomic mass is 15.3. The fourth-order valence-corrected chi connectivity index (χ4v) is 3.28. The van der Waals surface area contributed by atoms with E-state index < -0.39 is 0 Å². The van der Waals surface area contributed by atoms with Gasteiger partial charge < -0.3 is 5.32 Å². The SMILES string of the molecule is CCCNC(c1cnn(C)c1C)C1CC1c1ccccc1. The molecule has 1 fully saturated rings. The Balaban J connectivity index is 1.80. The minimum atomic E-state index is 0.434. The molecule has 112 valence electrons. The molecule has 0 bridgehead atoms. The summed E-state index contributed by atoms with van der Waals surface area (Å²) in [4.78, 5) is 0. The van der Waals surface area contributed by atoms with E-state index in [1.54, 1.807) is 0 Å². The van der Waals surface area contributed by atoms with Gasteiger partial charge in [-0.25, -0.2) is 0 Å². The zero-order valence-electron chi connectivity index (χ0n) is 13.2. The van der Waals surface area contributed by atoms with Crippen molar-refractivity contribution in [3.63, 3.8) is 0 Å². The number of hydrogen-bond acceptors (Lipinski definition) is 2. The molecule has 3 atom stereocenters. The van der Waals surface area contributed by atoms with Crippen LogP contribution in [0, 0.1) is 12.8 Å². The molecule has 3 rings (SSSR count). The molecule has 3 nitrogen and oxygen atoms in total. The molecule has 0 radical (unpaired) electrons. The van der Waals surface area contributed by atoms with E-state index in [0.717, 1.165) is 6.54 Å². The number of nitrogens with zero attached hydrogens (tertiary/aromatic N) is 2. The van der Waals surface area contributed by atoms with E-state index in [0.29, 0.717) is 17.9 Å². The third-order valence-electron chi connectivity index (χ3n) is 4.72. The second-order valence-corrected chi connectivity index (χ2v) is 6.16. The molecule has 1 aromatic heterocycles. The predicted molar refractivity (Wildman–Crippen MR) is 86.3 cm³/mol. The lowest BCUT2D eigenvalue weighted by atomic mass is 9.99. The van der Waals surface area contributed by atoms with Gasteiger partial charge >= 0.3 is 0 Å². The van der Waals surface area contributed by atoms with Gasteiger partial charge in [0.05, 0.1) is 6.20 Å². The largest absolute Gasteiger partial charge is 0.310 e. The quantitative estimate of drug-likeness (QED) is 0.878. The summed E-state index contributed by atoms with van der Waals surface area (Å²) in [7, 11) is 2.03. The molecule has 3 heteroatoms. The number of benzene rings is 1. The van der Waals surface area contributed by atoms with Crippen molar-refractivity contribution in [2.45, 2.75) is 38.6 Å². The van der Waals surface area contributed by atoms with E-state index >= 15 is 0 Å². The molecule has 1 saturated carbocycles. The Hall–Kier alpha value is -1.61. The van der Waals surface area contributed by atoms with Crippen LogP contribution in [0.1, 0.15) is 48.5 Å². The number of hydrogen-bond donors (Lipinski definition) is 1. The van der Waals surface area contributed by atoms with Crippen molar-refractivity contribution in [1.82, 2.24) is 15.1 Å². The zero-order valence-corrected chi connectivity index (χ0v) is 13.2. The Morgan fingerprint density at radius 1 is 1.33 bits per heavy atom. The molecular formula is C18H25N3. The molecule has 1 aliphatic carbocycles. The van der Waals surface area contributed by atoms with E-state index in [4.69, 9.17) is 0 Å². The van der Waals surface area contributed by atoms with Gasteiger partial charge in [-0.05, 0) is 43.7 Å². The van der Waals surface area contributed by atoms with Crippen molar-refractivity contribution in [2.24, 2.45) is 13.0 Å². The summed E-state index contributed by atoms with van der Waals surface area (Å²) >= 11 is 0. The van der Waals surface area contributed by atoms with Crippen molar-refractivity contribution >= 4 is 0 Å². The van der Waals surface area contributed by atoms with Crippen LogP contribution in [0.5, 0.6) is 0 Å². The molecule has 0 amide bonds. The van der Waals surface area contributed by atoms with Gasteiger partial charge in [0.1, 0.15) is 0 Å². The summed E-state index contributed by atoms with van der Waals surface area (Å²) in [6.45, 7) is 5.46. The van der Waals surface area contributed by atoms with Gasteiger partial charge in [0.2, 0.25) is 0 Å². The van der Waals surface area contributed by atoms with Crippen LogP contribution in [0.4, 0.5) is 0 Å². The number of aryl methyl sites for hydroxylation is 1. The molecule has 0 aliphatic heterocycles. The lowest BCUT2D eigenvalue weighted by molar-refractivity contribution is 0.470. The van der Waals surface area contributed by atoms with Crippen molar-refractivity contribution in [2.75, 3.05) is 6.54 Å². The van der Waals surface area contributed by atoms with Gasteiger partial charge in [0.25, 0.3) is 0 Å². The van der Waals surface area contributed by atoms with Gasteiger partial charge in [-0.15, -0.1) is 0 Å². The van der Waals surface area contributed by atoms with Crippen LogP contribution in [-0.2, 0) is 7.05 Å². The highest BCUT2D eigenvalue weighted by Gasteiger charge is 2.44.